The van der Waals surface area contributed by atoms with Crippen LogP contribution in [0.2, 0.25) is 0 Å². The van der Waals surface area contributed by atoms with Crippen molar-refractivity contribution >= 4 is 16.6 Å². The number of Topliss-reactive ketones (excluding diaryl/α,β-unsaturated/α-hetero) is 1. The Kier molecular flexibility index (Phi) is 4.02. The summed E-state index contributed by atoms with van der Waals surface area (Å²) in [4.78, 5) is 15.1. The van der Waals surface area contributed by atoms with Crippen LogP contribution in [0.3, 0.4) is 0 Å². The molecule has 0 spiro atoms. The number of nitrogens with zero attached hydrogens (tertiary/aromatic N) is 1. The highest BCUT2D eigenvalue weighted by Crippen LogP contribution is 2.39. The predicted molar refractivity (Wildman–Crippen MR) is 100 cm³/mol. The van der Waals surface area contributed by atoms with Crippen LogP contribution in [0.15, 0.2) is 66.7 Å². The summed E-state index contributed by atoms with van der Waals surface area (Å²) < 4.78 is 6.30. The Labute approximate surface area is 147 Å². The minimum atomic E-state index is -0.269. The summed E-state index contributed by atoms with van der Waals surface area (Å²) in [5, 5.41) is 2.36. The summed E-state index contributed by atoms with van der Waals surface area (Å²) in [6.07, 6.45) is -0.269. The van der Waals surface area contributed by atoms with E-state index in [2.05, 4.69) is 30.3 Å². The fourth-order valence-electron chi connectivity index (χ4n) is 3.59. The highest BCUT2D eigenvalue weighted by molar-refractivity contribution is 6.02. The molecule has 0 aliphatic carbocycles. The molecule has 3 aromatic carbocycles. The maximum Gasteiger partial charge on any atom is 0.175 e. The van der Waals surface area contributed by atoms with E-state index in [1.54, 1.807) is 0 Å². The van der Waals surface area contributed by atoms with Crippen molar-refractivity contribution in [3.05, 3.63) is 77.9 Å². The summed E-state index contributed by atoms with van der Waals surface area (Å²) >= 11 is 0. The highest BCUT2D eigenvalue weighted by Gasteiger charge is 2.38. The molecule has 1 aliphatic heterocycles. The molecule has 1 aliphatic rings. The lowest BCUT2D eigenvalue weighted by atomic mass is 9.85. The second kappa shape index (κ2) is 6.34. The third-order valence-electron chi connectivity index (χ3n) is 4.77. The summed E-state index contributed by atoms with van der Waals surface area (Å²) in [6, 6.07) is 22.1. The smallest absolute Gasteiger partial charge is 0.175 e. The topological polar surface area (TPSA) is 29.5 Å². The number of fused-ring (bicyclic) bond motifs is 2. The quantitative estimate of drug-likeness (QED) is 0.715. The molecule has 3 nitrogen and oxygen atoms in total. The molecule has 2 atom stereocenters. The van der Waals surface area contributed by atoms with Crippen LogP contribution in [-0.4, -0.2) is 31.3 Å². The fraction of sp³-hybridized carbons (Fsp3) is 0.227. The molecular formula is C22H21NO2. The van der Waals surface area contributed by atoms with Crippen LogP contribution in [0.4, 0.5) is 0 Å². The number of carbonyl (C=O) groups excluding carboxylic acids is 1. The number of hydrogen-bond acceptors (Lipinski definition) is 3. The zero-order chi connectivity index (χ0) is 17.4. The van der Waals surface area contributed by atoms with Gasteiger partial charge in [0.1, 0.15) is 11.9 Å². The Morgan fingerprint density at radius 2 is 1.64 bits per heavy atom. The van der Waals surface area contributed by atoms with E-state index in [-0.39, 0.29) is 17.8 Å². The van der Waals surface area contributed by atoms with Crippen LogP contribution in [0, 0.1) is 5.92 Å². The number of benzene rings is 3. The number of carbonyl (C=O) groups is 1. The Hall–Kier alpha value is -2.65. The predicted octanol–water partition coefficient (Wildman–Crippen LogP) is 4.33. The molecule has 4 rings (SSSR count). The standard InChI is InChI=1S/C22H21NO2/c1-23(2)14-19-21(24)18-9-5-6-10-20(18)25-22(19)17-12-11-15-7-3-4-8-16(15)13-17/h3-13,19,22H,14H2,1-2H3. The van der Waals surface area contributed by atoms with E-state index in [0.29, 0.717) is 17.9 Å². The third kappa shape index (κ3) is 2.92. The van der Waals surface area contributed by atoms with Crippen molar-refractivity contribution in [1.82, 2.24) is 4.90 Å². The molecule has 0 aromatic heterocycles. The first-order valence-corrected chi connectivity index (χ1v) is 8.57. The van der Waals surface area contributed by atoms with Crippen molar-refractivity contribution < 1.29 is 9.53 Å². The van der Waals surface area contributed by atoms with E-state index in [1.807, 2.05) is 55.4 Å². The second-order valence-corrected chi connectivity index (χ2v) is 6.87. The van der Waals surface area contributed by atoms with Crippen LogP contribution in [0.1, 0.15) is 22.0 Å². The van der Waals surface area contributed by atoms with Crippen molar-refractivity contribution in [2.24, 2.45) is 5.92 Å². The van der Waals surface area contributed by atoms with Gasteiger partial charge in [0.25, 0.3) is 0 Å². The lowest BCUT2D eigenvalue weighted by molar-refractivity contribution is 0.0595. The van der Waals surface area contributed by atoms with Crippen LogP contribution < -0.4 is 4.74 Å². The number of ketones is 1. The van der Waals surface area contributed by atoms with Gasteiger partial charge in [-0.2, -0.15) is 0 Å². The van der Waals surface area contributed by atoms with Gasteiger partial charge in [-0.25, -0.2) is 0 Å². The fourth-order valence-corrected chi connectivity index (χ4v) is 3.59. The van der Waals surface area contributed by atoms with E-state index in [1.165, 1.54) is 10.8 Å². The molecule has 0 bridgehead atoms. The van der Waals surface area contributed by atoms with Crippen molar-refractivity contribution in [1.29, 1.82) is 0 Å². The van der Waals surface area contributed by atoms with E-state index in [4.69, 9.17) is 4.74 Å². The summed E-state index contributed by atoms with van der Waals surface area (Å²) in [6.45, 7) is 0.657. The minimum Gasteiger partial charge on any atom is -0.484 e. The molecule has 0 radical (unpaired) electrons. The van der Waals surface area contributed by atoms with Crippen molar-refractivity contribution in [2.75, 3.05) is 20.6 Å². The van der Waals surface area contributed by atoms with Crippen LogP contribution in [-0.2, 0) is 0 Å². The first kappa shape index (κ1) is 15.9. The zero-order valence-electron chi connectivity index (χ0n) is 14.5. The van der Waals surface area contributed by atoms with Gasteiger partial charge >= 0.3 is 0 Å². The number of ether oxygens (including phenoxy) is 1. The molecule has 1 heterocycles. The Bertz CT molecular complexity index is 932. The molecule has 2 unspecified atom stereocenters. The van der Waals surface area contributed by atoms with Gasteiger partial charge in [-0.3, -0.25) is 4.79 Å². The summed E-state index contributed by atoms with van der Waals surface area (Å²) in [5.74, 6) is 0.625. The van der Waals surface area contributed by atoms with Crippen molar-refractivity contribution in [3.8, 4) is 5.75 Å². The number of rotatable bonds is 3. The monoisotopic (exact) mass is 331 g/mol. The molecule has 0 N–H and O–H groups in total. The molecule has 0 amide bonds. The van der Waals surface area contributed by atoms with Crippen LogP contribution in [0.25, 0.3) is 10.8 Å². The third-order valence-corrected chi connectivity index (χ3v) is 4.77. The molecule has 126 valence electrons. The SMILES string of the molecule is CN(C)CC1C(=O)c2ccccc2OC1c1ccc2ccccc2c1. The van der Waals surface area contributed by atoms with Crippen LogP contribution >= 0.6 is 0 Å². The maximum atomic E-state index is 13.1. The zero-order valence-corrected chi connectivity index (χ0v) is 14.5. The second-order valence-electron chi connectivity index (χ2n) is 6.87. The maximum absolute atomic E-state index is 13.1. The molecule has 0 fully saturated rings. The molecule has 0 saturated heterocycles. The normalized spacial score (nSPS) is 19.7. The van der Waals surface area contributed by atoms with Gasteiger partial charge in [-0.05, 0) is 48.6 Å². The van der Waals surface area contributed by atoms with Gasteiger partial charge in [-0.15, -0.1) is 0 Å². The largest absolute Gasteiger partial charge is 0.484 e. The molecular weight excluding hydrogens is 310 g/mol. The molecule has 3 aromatic rings. The van der Waals surface area contributed by atoms with E-state index in [0.717, 1.165) is 5.56 Å². The first-order chi connectivity index (χ1) is 12.1. The Morgan fingerprint density at radius 3 is 2.44 bits per heavy atom. The Balaban J connectivity index is 1.80. The number of hydrogen-bond donors (Lipinski definition) is 0. The highest BCUT2D eigenvalue weighted by atomic mass is 16.5. The summed E-state index contributed by atoms with van der Waals surface area (Å²) in [5.41, 5.74) is 1.74. The minimum absolute atomic E-state index is 0.161. The summed E-state index contributed by atoms with van der Waals surface area (Å²) in [7, 11) is 3.98. The first-order valence-electron chi connectivity index (χ1n) is 8.57. The van der Waals surface area contributed by atoms with Crippen molar-refractivity contribution in [3.63, 3.8) is 0 Å². The lowest BCUT2D eigenvalue weighted by Crippen LogP contribution is -2.38. The van der Waals surface area contributed by atoms with E-state index in [9.17, 15) is 4.79 Å². The van der Waals surface area contributed by atoms with Gasteiger partial charge in [0, 0.05) is 6.54 Å². The molecule has 0 saturated carbocycles. The average Bonchev–Trinajstić information content (AvgIpc) is 2.63. The molecule has 25 heavy (non-hydrogen) atoms. The van der Waals surface area contributed by atoms with Crippen LogP contribution in [0.5, 0.6) is 5.75 Å². The average molecular weight is 331 g/mol. The van der Waals surface area contributed by atoms with Gasteiger partial charge < -0.3 is 9.64 Å². The van der Waals surface area contributed by atoms with E-state index < -0.39 is 0 Å². The number of para-hydroxylation sites is 1. The van der Waals surface area contributed by atoms with Gasteiger partial charge in [0.2, 0.25) is 0 Å². The Morgan fingerprint density at radius 1 is 0.920 bits per heavy atom. The lowest BCUT2D eigenvalue weighted by Gasteiger charge is -2.34. The molecule has 3 heteroatoms. The van der Waals surface area contributed by atoms with Gasteiger partial charge in [0.15, 0.2) is 5.78 Å². The van der Waals surface area contributed by atoms with Gasteiger partial charge in [-0.1, -0.05) is 48.5 Å². The van der Waals surface area contributed by atoms with Gasteiger partial charge in [0.05, 0.1) is 11.5 Å². The van der Waals surface area contributed by atoms with E-state index >= 15 is 0 Å². The van der Waals surface area contributed by atoms with Crippen molar-refractivity contribution in [2.45, 2.75) is 6.10 Å².